The smallest absolute Gasteiger partial charge is 0.238 e. The minimum absolute atomic E-state index is 0.0164. The highest BCUT2D eigenvalue weighted by Gasteiger charge is 2.25. The van der Waals surface area contributed by atoms with Crippen molar-refractivity contribution in [3.05, 3.63) is 23.8 Å². The van der Waals surface area contributed by atoms with Gasteiger partial charge in [-0.1, -0.05) is 26.8 Å². The fraction of sp³-hybridized carbons (Fsp3) is 0.562. The zero-order valence-electron chi connectivity index (χ0n) is 13.4. The molecule has 4 nitrogen and oxygen atoms in total. The SMILES string of the molecule is Cc1ccc(N)cc1NC(=O)CN(C)C(C)C(C)(C)C. The highest BCUT2D eigenvalue weighted by molar-refractivity contribution is 5.93. The Morgan fingerprint density at radius 3 is 2.55 bits per heavy atom. The van der Waals surface area contributed by atoms with Gasteiger partial charge < -0.3 is 11.1 Å². The van der Waals surface area contributed by atoms with Crippen LogP contribution in [0.25, 0.3) is 0 Å². The maximum atomic E-state index is 12.1. The van der Waals surface area contributed by atoms with Gasteiger partial charge in [-0.05, 0) is 44.0 Å². The van der Waals surface area contributed by atoms with Crippen LogP contribution in [0.15, 0.2) is 18.2 Å². The van der Waals surface area contributed by atoms with Crippen LogP contribution in [0.5, 0.6) is 0 Å². The van der Waals surface area contributed by atoms with Crippen LogP contribution in [-0.4, -0.2) is 30.4 Å². The molecule has 0 aromatic heterocycles. The first-order valence-electron chi connectivity index (χ1n) is 6.97. The minimum Gasteiger partial charge on any atom is -0.399 e. The molecule has 0 spiro atoms. The molecule has 4 heteroatoms. The van der Waals surface area contributed by atoms with E-state index in [9.17, 15) is 4.79 Å². The Bertz CT molecular complexity index is 477. The topological polar surface area (TPSA) is 58.4 Å². The highest BCUT2D eigenvalue weighted by atomic mass is 16.2. The summed E-state index contributed by atoms with van der Waals surface area (Å²) in [7, 11) is 1.97. The number of carbonyl (C=O) groups is 1. The molecule has 0 bridgehead atoms. The van der Waals surface area contributed by atoms with Crippen molar-refractivity contribution in [1.29, 1.82) is 0 Å². The summed E-state index contributed by atoms with van der Waals surface area (Å²) in [6.45, 7) is 11.0. The normalized spacial score (nSPS) is 13.3. The molecule has 0 aliphatic rings. The molecule has 0 radical (unpaired) electrons. The van der Waals surface area contributed by atoms with E-state index >= 15 is 0 Å². The van der Waals surface area contributed by atoms with Gasteiger partial charge in [0.05, 0.1) is 6.54 Å². The second-order valence-corrected chi connectivity index (χ2v) is 6.58. The number of aryl methyl sites for hydroxylation is 1. The van der Waals surface area contributed by atoms with Crippen LogP contribution in [0.3, 0.4) is 0 Å². The molecule has 1 rings (SSSR count). The van der Waals surface area contributed by atoms with Crippen LogP contribution in [0.1, 0.15) is 33.3 Å². The lowest BCUT2D eigenvalue weighted by Crippen LogP contribution is -2.43. The van der Waals surface area contributed by atoms with Crippen molar-refractivity contribution in [3.63, 3.8) is 0 Å². The van der Waals surface area contributed by atoms with E-state index in [2.05, 4.69) is 37.9 Å². The summed E-state index contributed by atoms with van der Waals surface area (Å²) in [5.41, 5.74) is 8.34. The standard InChI is InChI=1S/C16H27N3O/c1-11-7-8-13(17)9-14(11)18-15(20)10-19(6)12(2)16(3,4)5/h7-9,12H,10,17H2,1-6H3,(H,18,20). The lowest BCUT2D eigenvalue weighted by Gasteiger charge is -2.34. The van der Waals surface area contributed by atoms with E-state index in [-0.39, 0.29) is 11.3 Å². The number of benzene rings is 1. The van der Waals surface area contributed by atoms with E-state index in [4.69, 9.17) is 5.73 Å². The van der Waals surface area contributed by atoms with E-state index in [1.165, 1.54) is 0 Å². The summed E-state index contributed by atoms with van der Waals surface area (Å²) in [6.07, 6.45) is 0. The number of nitrogens with one attached hydrogen (secondary N) is 1. The molecule has 0 aliphatic carbocycles. The number of carbonyl (C=O) groups excluding carboxylic acids is 1. The van der Waals surface area contributed by atoms with E-state index in [1.54, 1.807) is 6.07 Å². The van der Waals surface area contributed by atoms with E-state index < -0.39 is 0 Å². The number of hydrogen-bond donors (Lipinski definition) is 2. The molecule has 0 saturated carbocycles. The molecule has 112 valence electrons. The van der Waals surface area contributed by atoms with Crippen molar-refractivity contribution >= 4 is 17.3 Å². The van der Waals surface area contributed by atoms with E-state index in [0.717, 1.165) is 11.3 Å². The Morgan fingerprint density at radius 2 is 2.00 bits per heavy atom. The maximum absolute atomic E-state index is 12.1. The summed E-state index contributed by atoms with van der Waals surface area (Å²) in [4.78, 5) is 14.2. The Kier molecular flexibility index (Phi) is 5.17. The number of nitrogens with zero attached hydrogens (tertiary/aromatic N) is 1. The molecule has 0 aliphatic heterocycles. The summed E-state index contributed by atoms with van der Waals surface area (Å²) >= 11 is 0. The van der Waals surface area contributed by atoms with Crippen LogP contribution in [0, 0.1) is 12.3 Å². The van der Waals surface area contributed by atoms with Gasteiger partial charge in [0.25, 0.3) is 0 Å². The molecule has 0 heterocycles. The molecule has 1 atom stereocenters. The molecule has 0 fully saturated rings. The highest BCUT2D eigenvalue weighted by Crippen LogP contribution is 2.23. The summed E-state index contributed by atoms with van der Waals surface area (Å²) in [5.74, 6) is -0.0164. The van der Waals surface area contributed by atoms with E-state index in [0.29, 0.717) is 18.3 Å². The monoisotopic (exact) mass is 277 g/mol. The molecule has 1 aromatic carbocycles. The molecule has 1 amide bonds. The van der Waals surface area contributed by atoms with Crippen molar-refractivity contribution in [3.8, 4) is 0 Å². The van der Waals surface area contributed by atoms with Crippen molar-refractivity contribution in [2.75, 3.05) is 24.6 Å². The molecule has 0 saturated heterocycles. The number of hydrogen-bond acceptors (Lipinski definition) is 3. The number of rotatable bonds is 4. The van der Waals surface area contributed by atoms with Crippen molar-refractivity contribution < 1.29 is 4.79 Å². The predicted octanol–water partition coefficient (Wildman–Crippen LogP) is 2.88. The first-order valence-corrected chi connectivity index (χ1v) is 6.97. The molecule has 1 unspecified atom stereocenters. The van der Waals surface area contributed by atoms with Gasteiger partial charge in [-0.15, -0.1) is 0 Å². The van der Waals surface area contributed by atoms with Gasteiger partial charge in [0.2, 0.25) is 5.91 Å². The average molecular weight is 277 g/mol. The van der Waals surface area contributed by atoms with Gasteiger partial charge in [0, 0.05) is 17.4 Å². The van der Waals surface area contributed by atoms with Crippen LogP contribution in [-0.2, 0) is 4.79 Å². The van der Waals surface area contributed by atoms with Crippen molar-refractivity contribution in [2.45, 2.75) is 40.7 Å². The first-order chi connectivity index (χ1) is 9.11. The first kappa shape index (κ1) is 16.5. The fourth-order valence-corrected chi connectivity index (χ4v) is 1.99. The molecule has 20 heavy (non-hydrogen) atoms. The van der Waals surface area contributed by atoms with Gasteiger partial charge in [-0.2, -0.15) is 0 Å². The number of likely N-dealkylation sites (N-methyl/N-ethyl adjacent to an activating group) is 1. The third-order valence-electron chi connectivity index (χ3n) is 3.84. The number of amides is 1. The largest absolute Gasteiger partial charge is 0.399 e. The van der Waals surface area contributed by atoms with Crippen molar-refractivity contribution in [1.82, 2.24) is 4.90 Å². The van der Waals surface area contributed by atoms with Gasteiger partial charge in [0.1, 0.15) is 0 Å². The summed E-state index contributed by atoms with van der Waals surface area (Å²) in [5, 5.41) is 2.93. The summed E-state index contributed by atoms with van der Waals surface area (Å²) < 4.78 is 0. The Labute approximate surface area is 122 Å². The Balaban J connectivity index is 2.66. The lowest BCUT2D eigenvalue weighted by atomic mass is 9.87. The third-order valence-corrected chi connectivity index (χ3v) is 3.84. The zero-order valence-corrected chi connectivity index (χ0v) is 13.4. The van der Waals surface area contributed by atoms with Crippen molar-refractivity contribution in [2.24, 2.45) is 5.41 Å². The quantitative estimate of drug-likeness (QED) is 0.832. The average Bonchev–Trinajstić information content (AvgIpc) is 2.31. The lowest BCUT2D eigenvalue weighted by molar-refractivity contribution is -0.117. The van der Waals surface area contributed by atoms with Crippen LogP contribution >= 0.6 is 0 Å². The molecule has 3 N–H and O–H groups in total. The molecule has 1 aromatic rings. The Hall–Kier alpha value is -1.55. The minimum atomic E-state index is -0.0164. The fourth-order valence-electron chi connectivity index (χ4n) is 1.99. The molecular weight excluding hydrogens is 250 g/mol. The van der Waals surface area contributed by atoms with Gasteiger partial charge in [-0.3, -0.25) is 9.69 Å². The predicted molar refractivity (Wildman–Crippen MR) is 85.8 cm³/mol. The molecular formula is C16H27N3O. The van der Waals surface area contributed by atoms with Gasteiger partial charge in [-0.25, -0.2) is 0 Å². The van der Waals surface area contributed by atoms with Crippen LogP contribution < -0.4 is 11.1 Å². The van der Waals surface area contributed by atoms with E-state index in [1.807, 2.05) is 26.1 Å². The maximum Gasteiger partial charge on any atom is 0.238 e. The third kappa shape index (κ3) is 4.53. The number of nitrogen functional groups attached to an aromatic ring is 1. The zero-order chi connectivity index (χ0) is 15.5. The van der Waals surface area contributed by atoms with Crippen LogP contribution in [0.4, 0.5) is 11.4 Å². The van der Waals surface area contributed by atoms with Gasteiger partial charge >= 0.3 is 0 Å². The van der Waals surface area contributed by atoms with Gasteiger partial charge in [0.15, 0.2) is 0 Å². The second-order valence-electron chi connectivity index (χ2n) is 6.58. The Morgan fingerprint density at radius 1 is 1.40 bits per heavy atom. The second kappa shape index (κ2) is 6.27. The van der Waals surface area contributed by atoms with Crippen LogP contribution in [0.2, 0.25) is 0 Å². The summed E-state index contributed by atoms with van der Waals surface area (Å²) in [6, 6.07) is 5.85. The number of anilines is 2. The number of nitrogens with two attached hydrogens (primary N) is 1.